The molecular formula is C13H10BrN3. The second-order valence-corrected chi connectivity index (χ2v) is 4.82. The van der Waals surface area contributed by atoms with E-state index in [0.29, 0.717) is 0 Å². The molecule has 0 fully saturated rings. The van der Waals surface area contributed by atoms with Crippen LogP contribution in [0.3, 0.4) is 0 Å². The zero-order valence-electron chi connectivity index (χ0n) is 9.26. The van der Waals surface area contributed by atoms with Crippen LogP contribution < -0.4 is 0 Å². The van der Waals surface area contributed by atoms with Crippen LogP contribution in [-0.2, 0) is 0 Å². The summed E-state index contributed by atoms with van der Waals surface area (Å²) in [5, 5.41) is 0. The number of nitrogens with zero attached hydrogens (tertiary/aromatic N) is 3. The molecule has 3 heterocycles. The Morgan fingerprint density at radius 3 is 2.94 bits per heavy atom. The van der Waals surface area contributed by atoms with E-state index in [1.807, 2.05) is 28.9 Å². The van der Waals surface area contributed by atoms with Crippen LogP contribution in [0.5, 0.6) is 0 Å². The zero-order chi connectivity index (χ0) is 11.8. The van der Waals surface area contributed by atoms with Gasteiger partial charge in [0.15, 0.2) is 5.65 Å². The van der Waals surface area contributed by atoms with Crippen LogP contribution in [0.1, 0.15) is 5.56 Å². The molecule has 0 spiro atoms. The molecule has 3 aromatic rings. The first kappa shape index (κ1) is 10.5. The topological polar surface area (TPSA) is 30.2 Å². The first-order valence-electron chi connectivity index (χ1n) is 5.29. The fourth-order valence-electron chi connectivity index (χ4n) is 1.84. The molecule has 0 N–H and O–H groups in total. The Labute approximate surface area is 107 Å². The van der Waals surface area contributed by atoms with Crippen LogP contribution in [-0.4, -0.2) is 14.4 Å². The van der Waals surface area contributed by atoms with Gasteiger partial charge in [0.1, 0.15) is 0 Å². The van der Waals surface area contributed by atoms with Gasteiger partial charge in [0.25, 0.3) is 0 Å². The molecule has 3 aromatic heterocycles. The number of pyridine rings is 2. The lowest BCUT2D eigenvalue weighted by Crippen LogP contribution is -1.85. The van der Waals surface area contributed by atoms with Crippen molar-refractivity contribution in [2.24, 2.45) is 0 Å². The molecule has 0 amide bonds. The van der Waals surface area contributed by atoms with Crippen molar-refractivity contribution in [2.45, 2.75) is 6.92 Å². The van der Waals surface area contributed by atoms with Crippen LogP contribution in [0.15, 0.2) is 47.5 Å². The Balaban J connectivity index is 2.24. The Kier molecular flexibility index (Phi) is 2.44. The Hall–Kier alpha value is -1.68. The lowest BCUT2D eigenvalue weighted by atomic mass is 10.2. The van der Waals surface area contributed by atoms with Gasteiger partial charge in [0.05, 0.1) is 10.2 Å². The lowest BCUT2D eigenvalue weighted by Gasteiger charge is -1.97. The van der Waals surface area contributed by atoms with E-state index in [1.54, 1.807) is 6.20 Å². The molecule has 0 unspecified atom stereocenters. The number of fused-ring (bicyclic) bond motifs is 1. The minimum atomic E-state index is 0.925. The minimum absolute atomic E-state index is 0.925. The zero-order valence-corrected chi connectivity index (χ0v) is 10.8. The first-order valence-corrected chi connectivity index (χ1v) is 6.08. The van der Waals surface area contributed by atoms with Gasteiger partial charge in [-0.3, -0.25) is 4.98 Å². The Morgan fingerprint density at radius 2 is 2.18 bits per heavy atom. The second-order valence-electron chi connectivity index (χ2n) is 3.96. The standard InChI is InChI=1S/C13H10BrN3/c1-9-5-11(14)13-16-12(8-17(13)7-9)10-3-2-4-15-6-10/h2-8H,1H3. The predicted octanol–water partition coefficient (Wildman–Crippen LogP) is 3.47. The third-order valence-corrected chi connectivity index (χ3v) is 3.18. The monoisotopic (exact) mass is 287 g/mol. The number of hydrogen-bond donors (Lipinski definition) is 0. The van der Waals surface area contributed by atoms with Crippen molar-refractivity contribution in [1.82, 2.24) is 14.4 Å². The summed E-state index contributed by atoms with van der Waals surface area (Å²) in [6.45, 7) is 2.06. The van der Waals surface area contributed by atoms with Crippen LogP contribution in [0.4, 0.5) is 0 Å². The van der Waals surface area contributed by atoms with Crippen molar-refractivity contribution in [2.75, 3.05) is 0 Å². The van der Waals surface area contributed by atoms with Crippen molar-refractivity contribution in [1.29, 1.82) is 0 Å². The summed E-state index contributed by atoms with van der Waals surface area (Å²) in [7, 11) is 0. The molecule has 0 aliphatic heterocycles. The van der Waals surface area contributed by atoms with E-state index in [4.69, 9.17) is 0 Å². The van der Waals surface area contributed by atoms with E-state index in [9.17, 15) is 0 Å². The van der Waals surface area contributed by atoms with Crippen molar-refractivity contribution in [3.05, 3.63) is 53.0 Å². The molecule has 0 aliphatic rings. The highest BCUT2D eigenvalue weighted by Gasteiger charge is 2.07. The average Bonchev–Trinajstić information content (AvgIpc) is 2.74. The molecule has 3 rings (SSSR count). The fourth-order valence-corrected chi connectivity index (χ4v) is 2.50. The van der Waals surface area contributed by atoms with Crippen molar-refractivity contribution >= 4 is 21.6 Å². The van der Waals surface area contributed by atoms with Crippen LogP contribution >= 0.6 is 15.9 Å². The number of hydrogen-bond acceptors (Lipinski definition) is 2. The average molecular weight is 288 g/mol. The first-order chi connectivity index (χ1) is 8.24. The predicted molar refractivity (Wildman–Crippen MR) is 70.9 cm³/mol. The Morgan fingerprint density at radius 1 is 1.29 bits per heavy atom. The highest BCUT2D eigenvalue weighted by atomic mass is 79.9. The highest BCUT2D eigenvalue weighted by molar-refractivity contribution is 9.10. The molecule has 0 aromatic carbocycles. The summed E-state index contributed by atoms with van der Waals surface area (Å²) < 4.78 is 3.04. The molecule has 0 radical (unpaired) electrons. The van der Waals surface area contributed by atoms with Crippen molar-refractivity contribution < 1.29 is 0 Å². The maximum Gasteiger partial charge on any atom is 0.151 e. The lowest BCUT2D eigenvalue weighted by molar-refractivity contribution is 1.15. The quantitative estimate of drug-likeness (QED) is 0.686. The van der Waals surface area contributed by atoms with E-state index in [1.165, 1.54) is 5.56 Å². The van der Waals surface area contributed by atoms with Crippen molar-refractivity contribution in [3.8, 4) is 11.3 Å². The molecule has 0 saturated carbocycles. The highest BCUT2D eigenvalue weighted by Crippen LogP contribution is 2.23. The van der Waals surface area contributed by atoms with E-state index < -0.39 is 0 Å². The number of halogens is 1. The van der Waals surface area contributed by atoms with Crippen molar-refractivity contribution in [3.63, 3.8) is 0 Å². The molecule has 17 heavy (non-hydrogen) atoms. The molecule has 0 atom stereocenters. The molecular weight excluding hydrogens is 278 g/mol. The molecule has 0 bridgehead atoms. The van der Waals surface area contributed by atoms with Crippen LogP contribution in [0, 0.1) is 6.92 Å². The SMILES string of the molecule is Cc1cc(Br)c2nc(-c3cccnc3)cn2c1. The summed E-state index contributed by atoms with van der Waals surface area (Å²) in [6, 6.07) is 5.99. The summed E-state index contributed by atoms with van der Waals surface area (Å²) >= 11 is 3.53. The molecule has 4 heteroatoms. The summed E-state index contributed by atoms with van der Waals surface area (Å²) in [5.74, 6) is 0. The van der Waals surface area contributed by atoms with Gasteiger partial charge in [-0.2, -0.15) is 0 Å². The number of imidazole rings is 1. The third kappa shape index (κ3) is 1.85. The van der Waals surface area contributed by atoms with E-state index in [-0.39, 0.29) is 0 Å². The smallest absolute Gasteiger partial charge is 0.151 e. The molecule has 3 nitrogen and oxygen atoms in total. The van der Waals surface area contributed by atoms with E-state index >= 15 is 0 Å². The second kappa shape index (κ2) is 3.96. The molecule has 84 valence electrons. The third-order valence-electron chi connectivity index (χ3n) is 2.60. The van der Waals surface area contributed by atoms with Gasteiger partial charge in [-0.25, -0.2) is 4.98 Å². The van der Waals surface area contributed by atoms with Gasteiger partial charge in [-0.1, -0.05) is 0 Å². The Bertz CT molecular complexity index is 674. The maximum atomic E-state index is 4.60. The molecule has 0 saturated heterocycles. The number of rotatable bonds is 1. The van der Waals surface area contributed by atoms with E-state index in [2.05, 4.69) is 45.1 Å². The van der Waals surface area contributed by atoms with Gasteiger partial charge in [0.2, 0.25) is 0 Å². The summed E-state index contributed by atoms with van der Waals surface area (Å²) in [4.78, 5) is 8.71. The van der Waals surface area contributed by atoms with Crippen LogP contribution in [0.25, 0.3) is 16.9 Å². The summed E-state index contributed by atoms with van der Waals surface area (Å²) in [6.07, 6.45) is 7.67. The van der Waals surface area contributed by atoms with Gasteiger partial charge in [-0.05, 0) is 46.6 Å². The van der Waals surface area contributed by atoms with Crippen LogP contribution in [0.2, 0.25) is 0 Å². The van der Waals surface area contributed by atoms with Gasteiger partial charge < -0.3 is 4.40 Å². The maximum absolute atomic E-state index is 4.60. The van der Waals surface area contributed by atoms with Gasteiger partial charge in [-0.15, -0.1) is 0 Å². The fraction of sp³-hybridized carbons (Fsp3) is 0.0769. The normalized spacial score (nSPS) is 10.9. The minimum Gasteiger partial charge on any atom is -0.305 e. The number of aryl methyl sites for hydroxylation is 1. The van der Waals surface area contributed by atoms with E-state index in [0.717, 1.165) is 21.4 Å². The largest absolute Gasteiger partial charge is 0.305 e. The van der Waals surface area contributed by atoms with Gasteiger partial charge in [0, 0.05) is 30.4 Å². The van der Waals surface area contributed by atoms with Gasteiger partial charge >= 0.3 is 0 Å². The summed E-state index contributed by atoms with van der Waals surface area (Å²) in [5.41, 5.74) is 4.08. The number of aromatic nitrogens is 3. The molecule has 0 aliphatic carbocycles.